The van der Waals surface area contributed by atoms with Gasteiger partial charge in [0.15, 0.2) is 0 Å². The highest BCUT2D eigenvalue weighted by atomic mass is 16.5. The normalized spacial score (nSPS) is 20.8. The third kappa shape index (κ3) is 2.61. The number of aliphatic hydroxyl groups is 1. The number of aliphatic hydroxyl groups excluding tert-OH is 1. The van der Waals surface area contributed by atoms with Gasteiger partial charge < -0.3 is 9.84 Å². The lowest BCUT2D eigenvalue weighted by atomic mass is 10.1. The standard InChI is InChI=1S/C15H18N2O2/c18-10-14-11-19-8-7-17(14)9-13-4-1-3-12-5-2-6-16-15(12)13/h1-6,14,18H,7-11H2. The fraction of sp³-hybridized carbons (Fsp3) is 0.400. The zero-order valence-corrected chi connectivity index (χ0v) is 10.8. The molecule has 0 radical (unpaired) electrons. The molecule has 0 amide bonds. The molecular formula is C15H18N2O2. The number of pyridine rings is 1. The average molecular weight is 258 g/mol. The molecular weight excluding hydrogens is 240 g/mol. The van der Waals surface area contributed by atoms with E-state index in [4.69, 9.17) is 4.74 Å². The van der Waals surface area contributed by atoms with Crippen LogP contribution in [0.1, 0.15) is 5.56 Å². The maximum atomic E-state index is 9.42. The molecule has 1 aliphatic heterocycles. The van der Waals surface area contributed by atoms with Gasteiger partial charge in [-0.2, -0.15) is 0 Å². The highest BCUT2D eigenvalue weighted by molar-refractivity contribution is 5.81. The molecule has 1 aliphatic rings. The molecule has 4 nitrogen and oxygen atoms in total. The summed E-state index contributed by atoms with van der Waals surface area (Å²) in [6.45, 7) is 3.14. The van der Waals surface area contributed by atoms with Crippen molar-refractivity contribution in [3.05, 3.63) is 42.1 Å². The van der Waals surface area contributed by atoms with E-state index in [1.54, 1.807) is 0 Å². The first kappa shape index (κ1) is 12.5. The van der Waals surface area contributed by atoms with E-state index in [1.165, 1.54) is 5.56 Å². The summed E-state index contributed by atoms with van der Waals surface area (Å²) in [5, 5.41) is 10.6. The van der Waals surface area contributed by atoms with Crippen molar-refractivity contribution >= 4 is 10.9 Å². The zero-order valence-electron chi connectivity index (χ0n) is 10.8. The van der Waals surface area contributed by atoms with Gasteiger partial charge >= 0.3 is 0 Å². The van der Waals surface area contributed by atoms with Crippen molar-refractivity contribution in [3.63, 3.8) is 0 Å². The molecule has 0 saturated carbocycles. The van der Waals surface area contributed by atoms with Crippen LogP contribution in [0.3, 0.4) is 0 Å². The molecule has 1 atom stereocenters. The van der Waals surface area contributed by atoms with E-state index >= 15 is 0 Å². The number of fused-ring (bicyclic) bond motifs is 1. The summed E-state index contributed by atoms with van der Waals surface area (Å²) in [5.41, 5.74) is 2.26. The molecule has 19 heavy (non-hydrogen) atoms. The summed E-state index contributed by atoms with van der Waals surface area (Å²) >= 11 is 0. The van der Waals surface area contributed by atoms with Gasteiger partial charge in [0.2, 0.25) is 0 Å². The van der Waals surface area contributed by atoms with Crippen LogP contribution < -0.4 is 0 Å². The Bertz CT molecular complexity index is 553. The molecule has 0 spiro atoms. The molecule has 4 heteroatoms. The minimum atomic E-state index is 0.0905. The fourth-order valence-electron chi connectivity index (χ4n) is 2.58. The predicted octanol–water partition coefficient (Wildman–Crippen LogP) is 1.43. The summed E-state index contributed by atoms with van der Waals surface area (Å²) in [7, 11) is 0. The molecule has 1 saturated heterocycles. The Labute approximate surface area is 112 Å². The van der Waals surface area contributed by atoms with E-state index in [2.05, 4.69) is 34.1 Å². The van der Waals surface area contributed by atoms with Crippen LogP contribution in [-0.4, -0.2) is 47.4 Å². The lowest BCUT2D eigenvalue weighted by Crippen LogP contribution is -2.46. The SMILES string of the molecule is OCC1COCCN1Cc1cccc2cccnc12. The maximum absolute atomic E-state index is 9.42. The monoisotopic (exact) mass is 258 g/mol. The van der Waals surface area contributed by atoms with E-state index in [-0.39, 0.29) is 12.6 Å². The molecule has 0 aliphatic carbocycles. The molecule has 1 unspecified atom stereocenters. The number of ether oxygens (including phenoxy) is 1. The van der Waals surface area contributed by atoms with Crippen LogP contribution in [0.4, 0.5) is 0 Å². The molecule has 1 aromatic carbocycles. The third-order valence-electron chi connectivity index (χ3n) is 3.65. The minimum absolute atomic E-state index is 0.0905. The number of hydrogen-bond acceptors (Lipinski definition) is 4. The van der Waals surface area contributed by atoms with Crippen molar-refractivity contribution in [1.29, 1.82) is 0 Å². The number of para-hydroxylation sites is 1. The van der Waals surface area contributed by atoms with Crippen LogP contribution >= 0.6 is 0 Å². The van der Waals surface area contributed by atoms with E-state index in [0.717, 1.165) is 30.6 Å². The molecule has 2 aromatic rings. The fourth-order valence-corrected chi connectivity index (χ4v) is 2.58. The first-order valence-electron chi connectivity index (χ1n) is 6.64. The van der Waals surface area contributed by atoms with Gasteiger partial charge in [-0.3, -0.25) is 9.88 Å². The second-order valence-electron chi connectivity index (χ2n) is 4.87. The molecule has 2 heterocycles. The molecule has 3 rings (SSSR count). The lowest BCUT2D eigenvalue weighted by molar-refractivity contribution is -0.0311. The summed E-state index contributed by atoms with van der Waals surface area (Å²) in [6, 6.07) is 10.4. The van der Waals surface area contributed by atoms with Crippen molar-refractivity contribution < 1.29 is 9.84 Å². The second kappa shape index (κ2) is 5.65. The van der Waals surface area contributed by atoms with Gasteiger partial charge in [0.1, 0.15) is 0 Å². The van der Waals surface area contributed by atoms with Gasteiger partial charge in [0.25, 0.3) is 0 Å². The number of hydrogen-bond donors (Lipinski definition) is 1. The Hall–Kier alpha value is -1.49. The van der Waals surface area contributed by atoms with Crippen molar-refractivity contribution in [1.82, 2.24) is 9.88 Å². The Balaban J connectivity index is 1.88. The van der Waals surface area contributed by atoms with Crippen molar-refractivity contribution in [2.75, 3.05) is 26.4 Å². The van der Waals surface area contributed by atoms with Crippen molar-refractivity contribution in [2.45, 2.75) is 12.6 Å². The van der Waals surface area contributed by atoms with Gasteiger partial charge in [0.05, 0.1) is 31.4 Å². The number of aromatic nitrogens is 1. The number of morpholine rings is 1. The van der Waals surface area contributed by atoms with Crippen molar-refractivity contribution in [3.8, 4) is 0 Å². The van der Waals surface area contributed by atoms with E-state index in [0.29, 0.717) is 6.61 Å². The highest BCUT2D eigenvalue weighted by Gasteiger charge is 2.22. The molecule has 1 fully saturated rings. The van der Waals surface area contributed by atoms with Crippen LogP contribution in [0.25, 0.3) is 10.9 Å². The average Bonchev–Trinajstić information content (AvgIpc) is 2.48. The summed E-state index contributed by atoms with van der Waals surface area (Å²) in [4.78, 5) is 6.75. The van der Waals surface area contributed by atoms with Crippen LogP contribution in [0.15, 0.2) is 36.5 Å². The first-order valence-corrected chi connectivity index (χ1v) is 6.64. The van der Waals surface area contributed by atoms with Gasteiger partial charge in [-0.15, -0.1) is 0 Å². The van der Waals surface area contributed by atoms with Crippen LogP contribution in [0.5, 0.6) is 0 Å². The van der Waals surface area contributed by atoms with E-state index < -0.39 is 0 Å². The Morgan fingerprint density at radius 2 is 2.21 bits per heavy atom. The number of nitrogens with zero attached hydrogens (tertiary/aromatic N) is 2. The molecule has 0 bridgehead atoms. The maximum Gasteiger partial charge on any atom is 0.0746 e. The summed E-state index contributed by atoms with van der Waals surface area (Å²) in [6.07, 6.45) is 1.83. The molecule has 1 N–H and O–H groups in total. The summed E-state index contributed by atoms with van der Waals surface area (Å²) < 4.78 is 5.41. The highest BCUT2D eigenvalue weighted by Crippen LogP contribution is 2.19. The number of rotatable bonds is 3. The van der Waals surface area contributed by atoms with Gasteiger partial charge in [-0.1, -0.05) is 24.3 Å². The third-order valence-corrected chi connectivity index (χ3v) is 3.65. The Morgan fingerprint density at radius 3 is 3.11 bits per heavy atom. The zero-order chi connectivity index (χ0) is 13.1. The van der Waals surface area contributed by atoms with Gasteiger partial charge in [-0.25, -0.2) is 0 Å². The first-order chi connectivity index (χ1) is 9.38. The van der Waals surface area contributed by atoms with Crippen LogP contribution in [0, 0.1) is 0 Å². The summed E-state index contributed by atoms with van der Waals surface area (Å²) in [5.74, 6) is 0. The Kier molecular flexibility index (Phi) is 3.73. The second-order valence-corrected chi connectivity index (χ2v) is 4.87. The smallest absolute Gasteiger partial charge is 0.0746 e. The molecule has 100 valence electrons. The minimum Gasteiger partial charge on any atom is -0.395 e. The van der Waals surface area contributed by atoms with Crippen LogP contribution in [-0.2, 0) is 11.3 Å². The van der Waals surface area contributed by atoms with Crippen molar-refractivity contribution in [2.24, 2.45) is 0 Å². The van der Waals surface area contributed by atoms with E-state index in [1.807, 2.05) is 12.3 Å². The topological polar surface area (TPSA) is 45.6 Å². The predicted molar refractivity (Wildman–Crippen MR) is 73.8 cm³/mol. The quantitative estimate of drug-likeness (QED) is 0.904. The largest absolute Gasteiger partial charge is 0.395 e. The van der Waals surface area contributed by atoms with E-state index in [9.17, 15) is 5.11 Å². The lowest BCUT2D eigenvalue weighted by Gasteiger charge is -2.34. The van der Waals surface area contributed by atoms with Gasteiger partial charge in [0, 0.05) is 24.7 Å². The molecule has 1 aromatic heterocycles. The van der Waals surface area contributed by atoms with Crippen LogP contribution in [0.2, 0.25) is 0 Å². The number of benzene rings is 1. The van der Waals surface area contributed by atoms with Gasteiger partial charge in [-0.05, 0) is 11.6 Å². The Morgan fingerprint density at radius 1 is 1.32 bits per heavy atom.